The maximum Gasteiger partial charge on any atom is 0.309 e. The van der Waals surface area contributed by atoms with Gasteiger partial charge in [0.15, 0.2) is 29.2 Å². The molecule has 2 aliphatic carbocycles. The number of aromatic hydroxyl groups is 2. The van der Waals surface area contributed by atoms with Crippen LogP contribution < -0.4 is 0 Å². The standard InChI is InChI=1S/C33H26O13/c1-10-22-26(30(40)18(44-10)8-20(36)43-3)31(41)24-14(28(22)38)4-12(6-16(24)34)13-5-15-25(17(35)7-13)32(42)27-23(29(15)39)11(2)45-19-9-21(37)46-33(19)27/h4-7,10-11,18-19,30,33-35,40H,8-9H2,1-3H3/t10-,11-,18-,19-,30+,33?/m0/s1. The Morgan fingerprint density at radius 3 is 1.87 bits per heavy atom. The molecule has 2 aromatic rings. The highest BCUT2D eigenvalue weighted by atomic mass is 16.6. The van der Waals surface area contributed by atoms with Crippen molar-refractivity contribution in [3.63, 3.8) is 0 Å². The molecule has 3 heterocycles. The summed E-state index contributed by atoms with van der Waals surface area (Å²) in [5.41, 5.74) is -1.18. The maximum atomic E-state index is 13.8. The van der Waals surface area contributed by atoms with Gasteiger partial charge >= 0.3 is 11.9 Å². The van der Waals surface area contributed by atoms with Crippen molar-refractivity contribution < 1.29 is 63.0 Å². The van der Waals surface area contributed by atoms with Gasteiger partial charge in [0.05, 0.1) is 55.0 Å². The van der Waals surface area contributed by atoms with Crippen LogP contribution in [0.2, 0.25) is 0 Å². The zero-order chi connectivity index (χ0) is 32.9. The fourth-order valence-electron chi connectivity index (χ4n) is 7.08. The number of ether oxygens (including phenoxy) is 4. The van der Waals surface area contributed by atoms with E-state index in [0.717, 1.165) is 13.2 Å². The molecule has 0 saturated carbocycles. The molecule has 6 atom stereocenters. The summed E-state index contributed by atoms with van der Waals surface area (Å²) in [6.07, 6.45) is -6.94. The highest BCUT2D eigenvalue weighted by Crippen LogP contribution is 2.46. The third kappa shape index (κ3) is 4.12. The number of fused-ring (bicyclic) bond motifs is 4. The Balaban J connectivity index is 1.30. The molecule has 7 rings (SSSR count). The van der Waals surface area contributed by atoms with Crippen LogP contribution in [0.1, 0.15) is 68.1 Å². The minimum atomic E-state index is -1.65. The molecule has 0 aromatic heterocycles. The van der Waals surface area contributed by atoms with Crippen LogP contribution in [0.15, 0.2) is 46.6 Å². The lowest BCUT2D eigenvalue weighted by Crippen LogP contribution is -2.47. The van der Waals surface area contributed by atoms with Gasteiger partial charge in [-0.05, 0) is 49.2 Å². The molecule has 1 saturated heterocycles. The SMILES string of the molecule is COC(=O)C[C@@H]1O[C@@H](C)C2=C(C(=O)c3c(O)cc(-c4cc(O)c5c(c4)C(=O)C4=C(C5=O)C5OC(=O)C[C@@H]5O[C@H]4C)cc3C2=O)[C@@H]1O. The Hall–Kier alpha value is -4.98. The number of hydrogen-bond donors (Lipinski definition) is 3. The largest absolute Gasteiger partial charge is 0.507 e. The molecule has 1 fully saturated rings. The van der Waals surface area contributed by atoms with E-state index in [1.54, 1.807) is 6.92 Å². The zero-order valence-corrected chi connectivity index (χ0v) is 24.6. The van der Waals surface area contributed by atoms with Crippen molar-refractivity contribution in [2.45, 2.75) is 63.3 Å². The Morgan fingerprint density at radius 2 is 1.30 bits per heavy atom. The zero-order valence-electron chi connectivity index (χ0n) is 24.6. The van der Waals surface area contributed by atoms with E-state index >= 15 is 0 Å². The van der Waals surface area contributed by atoms with Gasteiger partial charge < -0.3 is 34.3 Å². The van der Waals surface area contributed by atoms with E-state index in [0.29, 0.717) is 0 Å². The number of esters is 2. The van der Waals surface area contributed by atoms with Gasteiger partial charge in [0.25, 0.3) is 0 Å². The number of benzene rings is 2. The Morgan fingerprint density at radius 1 is 0.783 bits per heavy atom. The van der Waals surface area contributed by atoms with E-state index in [2.05, 4.69) is 4.74 Å². The first-order valence-electron chi connectivity index (χ1n) is 14.5. The highest BCUT2D eigenvalue weighted by Gasteiger charge is 2.52. The van der Waals surface area contributed by atoms with Gasteiger partial charge in [0.2, 0.25) is 0 Å². The van der Waals surface area contributed by atoms with Crippen LogP contribution in [0.4, 0.5) is 0 Å². The molecular weight excluding hydrogens is 604 g/mol. The smallest absolute Gasteiger partial charge is 0.309 e. The third-order valence-electron chi connectivity index (χ3n) is 9.13. The summed E-state index contributed by atoms with van der Waals surface area (Å²) in [4.78, 5) is 78.7. The predicted molar refractivity (Wildman–Crippen MR) is 152 cm³/mol. The van der Waals surface area contributed by atoms with Crippen LogP contribution in [-0.2, 0) is 28.5 Å². The lowest BCUT2D eigenvalue weighted by molar-refractivity contribution is -0.148. The fraction of sp³-hybridized carbons (Fsp3) is 0.333. The summed E-state index contributed by atoms with van der Waals surface area (Å²) in [7, 11) is 1.16. The molecule has 1 unspecified atom stereocenters. The molecule has 5 aliphatic rings. The van der Waals surface area contributed by atoms with Gasteiger partial charge in [-0.3, -0.25) is 28.8 Å². The Kier molecular flexibility index (Phi) is 6.64. The molecule has 3 N–H and O–H groups in total. The van der Waals surface area contributed by atoms with Gasteiger partial charge in [-0.15, -0.1) is 0 Å². The molecule has 46 heavy (non-hydrogen) atoms. The summed E-state index contributed by atoms with van der Waals surface area (Å²) < 4.78 is 21.5. The monoisotopic (exact) mass is 630 g/mol. The van der Waals surface area contributed by atoms with Crippen LogP contribution in [0.25, 0.3) is 11.1 Å². The summed E-state index contributed by atoms with van der Waals surface area (Å²) in [5, 5.41) is 33.1. The minimum Gasteiger partial charge on any atom is -0.507 e. The average molecular weight is 631 g/mol. The number of phenolic OH excluding ortho intramolecular Hbond substituents is 2. The predicted octanol–water partition coefficient (Wildman–Crippen LogP) is 1.93. The number of methoxy groups -OCH3 is 1. The summed E-state index contributed by atoms with van der Waals surface area (Å²) >= 11 is 0. The van der Waals surface area contributed by atoms with Crippen LogP contribution in [0, 0.1) is 0 Å². The molecule has 13 heteroatoms. The molecule has 0 spiro atoms. The number of rotatable bonds is 3. The van der Waals surface area contributed by atoms with Gasteiger partial charge in [0, 0.05) is 27.8 Å². The molecule has 236 valence electrons. The van der Waals surface area contributed by atoms with Gasteiger partial charge in [-0.1, -0.05) is 0 Å². The van der Waals surface area contributed by atoms with Crippen molar-refractivity contribution in [1.29, 1.82) is 0 Å². The number of ketones is 4. The second-order valence-electron chi connectivity index (χ2n) is 11.8. The van der Waals surface area contributed by atoms with Crippen LogP contribution in [-0.4, -0.2) is 94.1 Å². The summed E-state index contributed by atoms with van der Waals surface area (Å²) in [5.74, 6) is -5.27. The molecule has 13 nitrogen and oxygen atoms in total. The maximum absolute atomic E-state index is 13.8. The molecule has 0 bridgehead atoms. The van der Waals surface area contributed by atoms with E-state index in [4.69, 9.17) is 14.2 Å². The van der Waals surface area contributed by atoms with Crippen LogP contribution >= 0.6 is 0 Å². The van der Waals surface area contributed by atoms with E-state index in [-0.39, 0.29) is 68.5 Å². The highest BCUT2D eigenvalue weighted by molar-refractivity contribution is 6.30. The van der Waals surface area contributed by atoms with Gasteiger partial charge in [-0.25, -0.2) is 0 Å². The van der Waals surface area contributed by atoms with E-state index in [1.807, 2.05) is 0 Å². The Labute approximate surface area is 260 Å². The van der Waals surface area contributed by atoms with E-state index in [1.165, 1.54) is 25.1 Å². The molecule has 0 radical (unpaired) electrons. The van der Waals surface area contributed by atoms with Crippen LogP contribution in [0.5, 0.6) is 11.5 Å². The third-order valence-corrected chi connectivity index (χ3v) is 9.13. The minimum absolute atomic E-state index is 0.00822. The average Bonchev–Trinajstić information content (AvgIpc) is 3.38. The van der Waals surface area contributed by atoms with E-state index < -0.39 is 83.2 Å². The van der Waals surface area contributed by atoms with Crippen molar-refractivity contribution >= 4 is 35.1 Å². The van der Waals surface area contributed by atoms with Crippen LogP contribution in [0.3, 0.4) is 0 Å². The first-order chi connectivity index (χ1) is 21.8. The number of phenols is 2. The molecular formula is C33H26O13. The lowest BCUT2D eigenvalue weighted by atomic mass is 9.75. The first-order valence-corrected chi connectivity index (χ1v) is 14.5. The quantitative estimate of drug-likeness (QED) is 0.416. The number of carbonyl (C=O) groups is 6. The number of carbonyl (C=O) groups excluding carboxylic acids is 6. The normalized spacial score (nSPS) is 28.3. The molecule has 3 aliphatic heterocycles. The van der Waals surface area contributed by atoms with Gasteiger partial charge in [-0.2, -0.15) is 0 Å². The van der Waals surface area contributed by atoms with Crippen molar-refractivity contribution in [3.8, 4) is 22.6 Å². The fourth-order valence-corrected chi connectivity index (χ4v) is 7.08. The second kappa shape index (κ2) is 10.3. The number of Topliss-reactive ketones (excluding diaryl/α,β-unsaturated/α-hetero) is 4. The Bertz CT molecular complexity index is 1910. The number of aliphatic hydroxyl groups is 1. The van der Waals surface area contributed by atoms with Crippen molar-refractivity contribution in [2.75, 3.05) is 7.11 Å². The van der Waals surface area contributed by atoms with Crippen molar-refractivity contribution in [3.05, 3.63) is 68.8 Å². The first kappa shape index (κ1) is 29.7. The lowest BCUT2D eigenvalue weighted by Gasteiger charge is -2.37. The van der Waals surface area contributed by atoms with Crippen molar-refractivity contribution in [1.82, 2.24) is 0 Å². The number of hydrogen-bond acceptors (Lipinski definition) is 13. The topological polar surface area (TPSA) is 200 Å². The van der Waals surface area contributed by atoms with Crippen molar-refractivity contribution in [2.24, 2.45) is 0 Å². The van der Waals surface area contributed by atoms with Gasteiger partial charge in [0.1, 0.15) is 23.7 Å². The molecule has 0 amide bonds. The second-order valence-corrected chi connectivity index (χ2v) is 11.8. The number of aliphatic hydroxyl groups excluding tert-OH is 1. The summed E-state index contributed by atoms with van der Waals surface area (Å²) in [6.45, 7) is 3.06. The molecule has 2 aromatic carbocycles. The van der Waals surface area contributed by atoms with E-state index in [9.17, 15) is 44.1 Å². The summed E-state index contributed by atoms with van der Waals surface area (Å²) in [6, 6.07) is 4.97.